The summed E-state index contributed by atoms with van der Waals surface area (Å²) in [6.45, 7) is 7.56. The van der Waals surface area contributed by atoms with Crippen molar-refractivity contribution in [1.29, 1.82) is 0 Å². The van der Waals surface area contributed by atoms with E-state index in [1.165, 1.54) is 0 Å². The molecule has 2 rings (SSSR count). The quantitative estimate of drug-likeness (QED) is 0.825. The van der Waals surface area contributed by atoms with Gasteiger partial charge in [0.25, 0.3) is 0 Å². The topological polar surface area (TPSA) is 71.5 Å². The Bertz CT molecular complexity index is 591. The number of rotatable bonds is 4. The Morgan fingerprint density at radius 1 is 1.32 bits per heavy atom. The normalized spacial score (nSPS) is 15.8. The summed E-state index contributed by atoms with van der Waals surface area (Å²) in [6, 6.07) is 3.75. The van der Waals surface area contributed by atoms with Gasteiger partial charge in [-0.2, -0.15) is 0 Å². The maximum Gasteiger partial charge on any atom is 0.407 e. The first-order chi connectivity index (χ1) is 11.7. The molecule has 0 spiro atoms. The summed E-state index contributed by atoms with van der Waals surface area (Å²) in [7, 11) is 0. The molecule has 0 saturated carbocycles. The molecule has 1 aromatic heterocycles. The van der Waals surface area contributed by atoms with Crippen molar-refractivity contribution in [3.05, 3.63) is 28.5 Å². The van der Waals surface area contributed by atoms with Gasteiger partial charge in [0.1, 0.15) is 5.60 Å². The molecule has 0 bridgehead atoms. The van der Waals surface area contributed by atoms with Crippen molar-refractivity contribution in [3.63, 3.8) is 0 Å². The minimum absolute atomic E-state index is 0.105. The zero-order valence-corrected chi connectivity index (χ0v) is 16.6. The fraction of sp³-hybridized carbons (Fsp3) is 0.611. The third-order valence-electron chi connectivity index (χ3n) is 4.02. The number of likely N-dealkylation sites (tertiary alicyclic amines) is 1. The molecule has 1 aliphatic rings. The molecule has 0 unspecified atom stereocenters. The van der Waals surface area contributed by atoms with Crippen molar-refractivity contribution < 1.29 is 14.3 Å². The van der Waals surface area contributed by atoms with Crippen LogP contribution >= 0.6 is 15.9 Å². The molecule has 0 radical (unpaired) electrons. The molecule has 2 heterocycles. The van der Waals surface area contributed by atoms with E-state index in [0.717, 1.165) is 36.1 Å². The molecular weight excluding hydrogens is 386 g/mol. The average Bonchev–Trinajstić information content (AvgIpc) is 2.54. The lowest BCUT2D eigenvalue weighted by molar-refractivity contribution is -0.131. The Hall–Kier alpha value is -1.63. The first-order valence-corrected chi connectivity index (χ1v) is 9.37. The van der Waals surface area contributed by atoms with Crippen molar-refractivity contribution in [2.45, 2.75) is 45.6 Å². The first kappa shape index (κ1) is 19.7. The number of hydrogen-bond donors (Lipinski definition) is 1. The highest BCUT2D eigenvalue weighted by Gasteiger charge is 2.24. The first-order valence-electron chi connectivity index (χ1n) is 8.58. The summed E-state index contributed by atoms with van der Waals surface area (Å²) in [5, 5.41) is 2.82. The van der Waals surface area contributed by atoms with E-state index in [2.05, 4.69) is 26.2 Å². The van der Waals surface area contributed by atoms with E-state index in [0.29, 0.717) is 18.9 Å². The minimum Gasteiger partial charge on any atom is -0.444 e. The summed E-state index contributed by atoms with van der Waals surface area (Å²) in [5.41, 5.74) is 0.294. The van der Waals surface area contributed by atoms with E-state index < -0.39 is 5.60 Å². The largest absolute Gasteiger partial charge is 0.444 e. The van der Waals surface area contributed by atoms with Gasteiger partial charge in [0.15, 0.2) is 0 Å². The maximum absolute atomic E-state index is 12.4. The number of aromatic nitrogens is 1. The second-order valence-corrected chi connectivity index (χ2v) is 8.27. The molecule has 1 aliphatic heterocycles. The van der Waals surface area contributed by atoms with E-state index in [1.54, 1.807) is 6.20 Å². The Kier molecular flexibility index (Phi) is 6.81. The van der Waals surface area contributed by atoms with Crippen LogP contribution in [0.15, 0.2) is 22.8 Å². The maximum atomic E-state index is 12.4. The van der Waals surface area contributed by atoms with Crippen LogP contribution in [0.2, 0.25) is 0 Å². The van der Waals surface area contributed by atoms with Gasteiger partial charge in [-0.3, -0.25) is 9.78 Å². The highest BCUT2D eigenvalue weighted by Crippen LogP contribution is 2.18. The number of halogens is 1. The van der Waals surface area contributed by atoms with Gasteiger partial charge in [0.2, 0.25) is 5.91 Å². The number of nitrogens with zero attached hydrogens (tertiary/aromatic N) is 2. The van der Waals surface area contributed by atoms with Gasteiger partial charge >= 0.3 is 6.09 Å². The number of hydrogen-bond acceptors (Lipinski definition) is 4. The van der Waals surface area contributed by atoms with Crippen LogP contribution in [0.25, 0.3) is 0 Å². The zero-order chi connectivity index (χ0) is 18.4. The SMILES string of the molecule is CC(C)(C)OC(=O)NCC1CCN(C(=O)Cc2ccc(Br)cn2)CC1. The van der Waals surface area contributed by atoms with Gasteiger partial charge in [-0.25, -0.2) is 4.79 Å². The Balaban J connectivity index is 1.71. The number of carbonyl (C=O) groups is 2. The summed E-state index contributed by atoms with van der Waals surface area (Å²) < 4.78 is 6.14. The fourth-order valence-electron chi connectivity index (χ4n) is 2.71. The highest BCUT2D eigenvalue weighted by molar-refractivity contribution is 9.10. The molecule has 0 aliphatic carbocycles. The van der Waals surface area contributed by atoms with E-state index >= 15 is 0 Å². The molecule has 0 aromatic carbocycles. The Morgan fingerprint density at radius 3 is 2.56 bits per heavy atom. The van der Waals surface area contributed by atoms with Gasteiger partial charge < -0.3 is 15.0 Å². The van der Waals surface area contributed by atoms with E-state index in [-0.39, 0.29) is 12.0 Å². The lowest BCUT2D eigenvalue weighted by Crippen LogP contribution is -2.43. The standard InChI is InChI=1S/C18H26BrN3O3/c1-18(2,3)25-17(24)21-11-13-6-8-22(9-7-13)16(23)10-15-5-4-14(19)12-20-15/h4-5,12-13H,6-11H2,1-3H3,(H,21,24). The van der Waals surface area contributed by atoms with Crippen LogP contribution in [0.5, 0.6) is 0 Å². The van der Waals surface area contributed by atoms with Crippen molar-refractivity contribution >= 4 is 27.9 Å². The van der Waals surface area contributed by atoms with Crippen LogP contribution in [0.4, 0.5) is 4.79 Å². The summed E-state index contributed by atoms with van der Waals surface area (Å²) in [6.07, 6.45) is 3.42. The lowest BCUT2D eigenvalue weighted by atomic mass is 9.96. The molecule has 6 nitrogen and oxygen atoms in total. The molecule has 1 fully saturated rings. The predicted octanol–water partition coefficient (Wildman–Crippen LogP) is 3.15. The monoisotopic (exact) mass is 411 g/mol. The van der Waals surface area contributed by atoms with Crippen molar-refractivity contribution in [3.8, 4) is 0 Å². The number of nitrogens with one attached hydrogen (secondary N) is 1. The second-order valence-electron chi connectivity index (χ2n) is 7.35. The second kappa shape index (κ2) is 8.65. The molecule has 1 N–H and O–H groups in total. The minimum atomic E-state index is -0.485. The molecule has 2 amide bonds. The van der Waals surface area contributed by atoms with Crippen LogP contribution in [0.1, 0.15) is 39.3 Å². The number of alkyl carbamates (subject to hydrolysis) is 1. The average molecular weight is 412 g/mol. The van der Waals surface area contributed by atoms with Crippen LogP contribution < -0.4 is 5.32 Å². The van der Waals surface area contributed by atoms with Crippen LogP contribution in [0.3, 0.4) is 0 Å². The molecule has 25 heavy (non-hydrogen) atoms. The van der Waals surface area contributed by atoms with Crippen LogP contribution in [0, 0.1) is 5.92 Å². The zero-order valence-electron chi connectivity index (χ0n) is 15.0. The van der Waals surface area contributed by atoms with Crippen LogP contribution in [-0.4, -0.2) is 47.1 Å². The molecule has 1 saturated heterocycles. The highest BCUT2D eigenvalue weighted by atomic mass is 79.9. The van der Waals surface area contributed by atoms with Gasteiger partial charge in [0, 0.05) is 36.0 Å². The Morgan fingerprint density at radius 2 is 2.00 bits per heavy atom. The number of piperidine rings is 1. The number of ether oxygens (including phenoxy) is 1. The molecule has 1 aromatic rings. The smallest absolute Gasteiger partial charge is 0.407 e. The number of carbonyl (C=O) groups excluding carboxylic acids is 2. The molecule has 0 atom stereocenters. The van der Waals surface area contributed by atoms with E-state index in [4.69, 9.17) is 4.74 Å². The summed E-state index contributed by atoms with van der Waals surface area (Å²) in [4.78, 5) is 30.2. The van der Waals surface area contributed by atoms with Crippen molar-refractivity contribution in [2.24, 2.45) is 5.92 Å². The fourth-order valence-corrected chi connectivity index (χ4v) is 2.94. The van der Waals surface area contributed by atoms with E-state index in [1.807, 2.05) is 37.8 Å². The summed E-state index contributed by atoms with van der Waals surface area (Å²) in [5.74, 6) is 0.482. The predicted molar refractivity (Wildman–Crippen MR) is 99.2 cm³/mol. The number of amides is 2. The molecule has 7 heteroatoms. The third kappa shape index (κ3) is 7.02. The lowest BCUT2D eigenvalue weighted by Gasteiger charge is -2.32. The van der Waals surface area contributed by atoms with Gasteiger partial charge in [-0.1, -0.05) is 0 Å². The van der Waals surface area contributed by atoms with Crippen molar-refractivity contribution in [1.82, 2.24) is 15.2 Å². The van der Waals surface area contributed by atoms with Gasteiger partial charge in [-0.15, -0.1) is 0 Å². The Labute approximate surface area is 157 Å². The summed E-state index contributed by atoms with van der Waals surface area (Å²) >= 11 is 3.34. The molecular formula is C18H26BrN3O3. The van der Waals surface area contributed by atoms with Crippen molar-refractivity contribution in [2.75, 3.05) is 19.6 Å². The molecule has 138 valence electrons. The van der Waals surface area contributed by atoms with E-state index in [9.17, 15) is 9.59 Å². The number of pyridine rings is 1. The van der Waals surface area contributed by atoms with Crippen LogP contribution in [-0.2, 0) is 16.0 Å². The third-order valence-corrected chi connectivity index (χ3v) is 4.49. The van der Waals surface area contributed by atoms with Gasteiger partial charge in [-0.05, 0) is 67.6 Å². The van der Waals surface area contributed by atoms with Gasteiger partial charge in [0.05, 0.1) is 6.42 Å².